The van der Waals surface area contributed by atoms with E-state index < -0.39 is 15.8 Å². The summed E-state index contributed by atoms with van der Waals surface area (Å²) in [5, 5.41) is 2.98. The molecule has 1 N–H and O–H groups in total. The fourth-order valence-corrected chi connectivity index (χ4v) is 5.01. The number of nitrogens with zero attached hydrogens (tertiary/aromatic N) is 1. The van der Waals surface area contributed by atoms with Crippen LogP contribution in [0.25, 0.3) is 0 Å². The van der Waals surface area contributed by atoms with Crippen molar-refractivity contribution >= 4 is 21.6 Å². The molecule has 0 atom stereocenters. The van der Waals surface area contributed by atoms with Crippen molar-refractivity contribution in [3.63, 3.8) is 0 Å². The van der Waals surface area contributed by atoms with Crippen molar-refractivity contribution in [3.05, 3.63) is 59.9 Å². The lowest BCUT2D eigenvalue weighted by molar-refractivity contribution is -0.120. The Hall–Kier alpha value is -2.41. The highest BCUT2D eigenvalue weighted by Crippen LogP contribution is 2.24. The van der Waals surface area contributed by atoms with Crippen LogP contribution in [-0.2, 0) is 14.8 Å². The van der Waals surface area contributed by atoms with Gasteiger partial charge in [0.25, 0.3) is 10.0 Å². The molecule has 2 aromatic carbocycles. The summed E-state index contributed by atoms with van der Waals surface area (Å²) >= 11 is 0. The maximum Gasteiger partial charge on any atom is 0.264 e. The van der Waals surface area contributed by atoms with Crippen LogP contribution < -0.4 is 9.62 Å². The van der Waals surface area contributed by atoms with Crippen molar-refractivity contribution in [1.29, 1.82) is 0 Å². The molecule has 7 heteroatoms. The van der Waals surface area contributed by atoms with Gasteiger partial charge in [-0.25, -0.2) is 12.8 Å². The lowest BCUT2D eigenvalue weighted by Gasteiger charge is -2.25. The van der Waals surface area contributed by atoms with E-state index in [2.05, 4.69) is 5.32 Å². The third-order valence-electron chi connectivity index (χ3n) is 5.23. The first-order valence-corrected chi connectivity index (χ1v) is 11.4. The van der Waals surface area contributed by atoms with E-state index >= 15 is 0 Å². The van der Waals surface area contributed by atoms with Crippen LogP contribution >= 0.6 is 0 Å². The third kappa shape index (κ3) is 5.56. The van der Waals surface area contributed by atoms with Gasteiger partial charge in [-0.1, -0.05) is 43.4 Å². The number of amides is 1. The molecule has 1 amide bonds. The van der Waals surface area contributed by atoms with Gasteiger partial charge in [-0.2, -0.15) is 0 Å². The van der Waals surface area contributed by atoms with Crippen LogP contribution in [0, 0.1) is 12.7 Å². The molecule has 3 rings (SSSR count). The van der Waals surface area contributed by atoms with Crippen LogP contribution in [0.2, 0.25) is 0 Å². The van der Waals surface area contributed by atoms with Crippen molar-refractivity contribution in [3.8, 4) is 0 Å². The monoisotopic (exact) mass is 418 g/mol. The molecular weight excluding hydrogens is 391 g/mol. The Bertz CT molecular complexity index is 920. The Kier molecular flexibility index (Phi) is 6.90. The molecule has 0 heterocycles. The van der Waals surface area contributed by atoms with E-state index in [0.717, 1.165) is 48.4 Å². The van der Waals surface area contributed by atoms with Gasteiger partial charge in [0.1, 0.15) is 12.4 Å². The molecule has 1 fully saturated rings. The van der Waals surface area contributed by atoms with E-state index in [1.165, 1.54) is 36.4 Å². The number of halogens is 1. The Morgan fingerprint density at radius 2 is 1.59 bits per heavy atom. The summed E-state index contributed by atoms with van der Waals surface area (Å²) in [6, 6.07) is 11.7. The van der Waals surface area contributed by atoms with Gasteiger partial charge in [0.15, 0.2) is 0 Å². The average molecular weight is 419 g/mol. The molecule has 0 aliphatic heterocycles. The number of sulfonamides is 1. The first-order valence-electron chi connectivity index (χ1n) is 10.0. The summed E-state index contributed by atoms with van der Waals surface area (Å²) in [6.45, 7) is 1.52. The van der Waals surface area contributed by atoms with Gasteiger partial charge in [0, 0.05) is 6.04 Å². The Labute approximate surface area is 172 Å². The standard InChI is InChI=1S/C22H27FN2O3S/c1-17-8-14-21(15-9-17)29(27,28)25(20-12-10-18(23)11-13-20)16-22(26)24-19-6-4-2-3-5-7-19/h8-15,19H,2-7,16H2,1H3,(H,24,26). The fraction of sp³-hybridized carbons (Fsp3) is 0.409. The minimum atomic E-state index is -3.98. The van der Waals surface area contributed by atoms with E-state index in [1.807, 2.05) is 6.92 Å². The highest BCUT2D eigenvalue weighted by molar-refractivity contribution is 7.92. The molecule has 0 radical (unpaired) electrons. The summed E-state index contributed by atoms with van der Waals surface area (Å²) in [5.74, 6) is -0.818. The normalized spacial score (nSPS) is 15.5. The molecule has 1 aliphatic carbocycles. The molecule has 29 heavy (non-hydrogen) atoms. The van der Waals surface area contributed by atoms with Gasteiger partial charge in [0.2, 0.25) is 5.91 Å². The van der Waals surface area contributed by atoms with Crippen molar-refractivity contribution in [2.45, 2.75) is 56.4 Å². The molecular formula is C22H27FN2O3S. The summed E-state index contributed by atoms with van der Waals surface area (Å²) in [4.78, 5) is 12.8. The van der Waals surface area contributed by atoms with Gasteiger partial charge in [0.05, 0.1) is 10.6 Å². The summed E-state index contributed by atoms with van der Waals surface area (Å²) < 4.78 is 40.9. The molecule has 1 saturated carbocycles. The molecule has 5 nitrogen and oxygen atoms in total. The van der Waals surface area contributed by atoms with Crippen LogP contribution in [0.15, 0.2) is 53.4 Å². The first kappa shape index (κ1) is 21.3. The smallest absolute Gasteiger partial charge is 0.264 e. The molecule has 156 valence electrons. The zero-order valence-corrected chi connectivity index (χ0v) is 17.4. The molecule has 0 aromatic heterocycles. The molecule has 0 saturated heterocycles. The Balaban J connectivity index is 1.85. The Morgan fingerprint density at radius 1 is 1.00 bits per heavy atom. The number of hydrogen-bond acceptors (Lipinski definition) is 3. The van der Waals surface area contributed by atoms with E-state index in [1.54, 1.807) is 12.1 Å². The number of carbonyl (C=O) groups excluding carboxylic acids is 1. The third-order valence-corrected chi connectivity index (χ3v) is 7.02. The highest BCUT2D eigenvalue weighted by Gasteiger charge is 2.28. The molecule has 0 bridgehead atoms. The van der Waals surface area contributed by atoms with Gasteiger partial charge < -0.3 is 5.32 Å². The predicted octanol–water partition coefficient (Wildman–Crippen LogP) is 4.17. The van der Waals surface area contributed by atoms with Crippen molar-refractivity contribution < 1.29 is 17.6 Å². The number of anilines is 1. The predicted molar refractivity (Wildman–Crippen MR) is 112 cm³/mol. The summed E-state index contributed by atoms with van der Waals surface area (Å²) in [6.07, 6.45) is 6.27. The number of carbonyl (C=O) groups is 1. The van der Waals surface area contributed by atoms with Crippen molar-refractivity contribution in [2.75, 3.05) is 10.8 Å². The number of benzene rings is 2. The maximum atomic E-state index is 13.4. The zero-order valence-electron chi connectivity index (χ0n) is 16.6. The van der Waals surface area contributed by atoms with Gasteiger partial charge >= 0.3 is 0 Å². The number of rotatable bonds is 6. The fourth-order valence-electron chi connectivity index (χ4n) is 3.59. The van der Waals surface area contributed by atoms with E-state index in [-0.39, 0.29) is 29.1 Å². The minimum Gasteiger partial charge on any atom is -0.352 e. The van der Waals surface area contributed by atoms with Crippen molar-refractivity contribution in [1.82, 2.24) is 5.32 Å². The second-order valence-electron chi connectivity index (χ2n) is 7.56. The van der Waals surface area contributed by atoms with Crippen LogP contribution in [0.5, 0.6) is 0 Å². The van der Waals surface area contributed by atoms with Crippen LogP contribution in [0.4, 0.5) is 10.1 Å². The van der Waals surface area contributed by atoms with E-state index in [4.69, 9.17) is 0 Å². The quantitative estimate of drug-likeness (QED) is 0.716. The zero-order chi connectivity index (χ0) is 20.9. The first-order chi connectivity index (χ1) is 13.9. The van der Waals surface area contributed by atoms with Gasteiger partial charge in [-0.3, -0.25) is 9.10 Å². The SMILES string of the molecule is Cc1ccc(S(=O)(=O)N(CC(=O)NC2CCCCCC2)c2ccc(F)cc2)cc1. The molecule has 2 aromatic rings. The maximum absolute atomic E-state index is 13.4. The van der Waals surface area contributed by atoms with Gasteiger partial charge in [-0.05, 0) is 56.2 Å². The van der Waals surface area contributed by atoms with E-state index in [0.29, 0.717) is 0 Å². The molecule has 0 unspecified atom stereocenters. The second-order valence-corrected chi connectivity index (χ2v) is 9.42. The topological polar surface area (TPSA) is 66.5 Å². The average Bonchev–Trinajstić information content (AvgIpc) is 2.96. The number of hydrogen-bond donors (Lipinski definition) is 1. The van der Waals surface area contributed by atoms with Crippen LogP contribution in [-0.4, -0.2) is 26.9 Å². The second kappa shape index (κ2) is 9.39. The lowest BCUT2D eigenvalue weighted by Crippen LogP contribution is -2.44. The summed E-state index contributed by atoms with van der Waals surface area (Å²) in [7, 11) is -3.98. The lowest BCUT2D eigenvalue weighted by atomic mass is 10.1. The summed E-state index contributed by atoms with van der Waals surface area (Å²) in [5.41, 5.74) is 1.19. The van der Waals surface area contributed by atoms with Crippen molar-refractivity contribution in [2.24, 2.45) is 0 Å². The largest absolute Gasteiger partial charge is 0.352 e. The van der Waals surface area contributed by atoms with Crippen LogP contribution in [0.1, 0.15) is 44.1 Å². The highest BCUT2D eigenvalue weighted by atomic mass is 32.2. The number of aryl methyl sites for hydroxylation is 1. The number of nitrogens with one attached hydrogen (secondary N) is 1. The Morgan fingerprint density at radius 3 is 2.17 bits per heavy atom. The molecule has 1 aliphatic rings. The minimum absolute atomic E-state index is 0.0714. The van der Waals surface area contributed by atoms with Crippen LogP contribution in [0.3, 0.4) is 0 Å². The van der Waals surface area contributed by atoms with E-state index in [9.17, 15) is 17.6 Å². The molecule has 0 spiro atoms. The van der Waals surface area contributed by atoms with Gasteiger partial charge in [-0.15, -0.1) is 0 Å².